The number of guanidine groups is 1. The average molecular weight is 457 g/mol. The van der Waals surface area contributed by atoms with Crippen molar-refractivity contribution in [3.63, 3.8) is 0 Å². The first-order chi connectivity index (χ1) is 11.6. The largest absolute Gasteiger partial charge is 0.361 e. The maximum absolute atomic E-state index is 11.5. The van der Waals surface area contributed by atoms with Gasteiger partial charge >= 0.3 is 0 Å². The lowest BCUT2D eigenvalue weighted by Gasteiger charge is -2.13. The van der Waals surface area contributed by atoms with Crippen LogP contribution < -0.4 is 16.0 Å². The maximum atomic E-state index is 11.5. The number of para-hydroxylation sites is 1. The van der Waals surface area contributed by atoms with Gasteiger partial charge < -0.3 is 20.9 Å². The van der Waals surface area contributed by atoms with Crippen molar-refractivity contribution in [1.82, 2.24) is 20.9 Å². The molecule has 1 aromatic carbocycles. The third kappa shape index (κ3) is 6.56. The standard InChI is InChI=1S/C18H27N5O.HI/c1-13(2)17(24)20-10-11-22-18(19-3)21-9-8-14-12-23-16-7-5-4-6-15(14)16;/h4-7,12-13,23H,8-11H2,1-3H3,(H,20,24)(H2,19,21,22);1H. The van der Waals surface area contributed by atoms with E-state index >= 15 is 0 Å². The number of aromatic nitrogens is 1. The Labute approximate surface area is 166 Å². The molecule has 138 valence electrons. The van der Waals surface area contributed by atoms with Gasteiger partial charge in [0.15, 0.2) is 5.96 Å². The second kappa shape index (κ2) is 11.0. The van der Waals surface area contributed by atoms with E-state index in [1.54, 1.807) is 7.05 Å². The summed E-state index contributed by atoms with van der Waals surface area (Å²) >= 11 is 0. The zero-order valence-corrected chi connectivity index (χ0v) is 17.4. The second-order valence-electron chi connectivity index (χ2n) is 5.98. The molecule has 0 aliphatic heterocycles. The molecule has 0 saturated heterocycles. The summed E-state index contributed by atoms with van der Waals surface area (Å²) in [5, 5.41) is 10.6. The molecule has 0 atom stereocenters. The molecule has 25 heavy (non-hydrogen) atoms. The molecule has 7 heteroatoms. The molecule has 0 fully saturated rings. The lowest BCUT2D eigenvalue weighted by atomic mass is 10.1. The van der Waals surface area contributed by atoms with E-state index in [0.717, 1.165) is 24.4 Å². The Hall–Kier alpha value is -1.77. The summed E-state index contributed by atoms with van der Waals surface area (Å²) < 4.78 is 0. The summed E-state index contributed by atoms with van der Waals surface area (Å²) in [6.45, 7) is 5.78. The molecule has 0 bridgehead atoms. The Morgan fingerprint density at radius 3 is 2.52 bits per heavy atom. The first-order valence-corrected chi connectivity index (χ1v) is 8.39. The van der Waals surface area contributed by atoms with Gasteiger partial charge in [-0.05, 0) is 18.1 Å². The summed E-state index contributed by atoms with van der Waals surface area (Å²) in [4.78, 5) is 19.0. The number of carbonyl (C=O) groups excluding carboxylic acids is 1. The van der Waals surface area contributed by atoms with E-state index in [1.807, 2.05) is 19.9 Å². The van der Waals surface area contributed by atoms with E-state index in [9.17, 15) is 4.79 Å². The average Bonchev–Trinajstić information content (AvgIpc) is 3.00. The van der Waals surface area contributed by atoms with Crippen molar-refractivity contribution < 1.29 is 4.79 Å². The molecular weight excluding hydrogens is 429 g/mol. The highest BCUT2D eigenvalue weighted by Crippen LogP contribution is 2.17. The summed E-state index contributed by atoms with van der Waals surface area (Å²) in [6.07, 6.45) is 2.97. The number of carbonyl (C=O) groups is 1. The molecule has 0 aliphatic rings. The highest BCUT2D eigenvalue weighted by Gasteiger charge is 2.06. The Morgan fingerprint density at radius 1 is 1.12 bits per heavy atom. The molecule has 0 unspecified atom stereocenters. The Balaban J connectivity index is 0.00000312. The summed E-state index contributed by atoms with van der Waals surface area (Å²) in [7, 11) is 1.74. The van der Waals surface area contributed by atoms with Gasteiger partial charge in [-0.25, -0.2) is 0 Å². The number of nitrogens with one attached hydrogen (secondary N) is 4. The van der Waals surface area contributed by atoms with Gasteiger partial charge in [0.05, 0.1) is 0 Å². The number of fused-ring (bicyclic) bond motifs is 1. The van der Waals surface area contributed by atoms with Gasteiger partial charge in [0.2, 0.25) is 5.91 Å². The van der Waals surface area contributed by atoms with Crippen LogP contribution in [0.2, 0.25) is 0 Å². The number of nitrogens with zero attached hydrogens (tertiary/aromatic N) is 1. The minimum Gasteiger partial charge on any atom is -0.361 e. The van der Waals surface area contributed by atoms with E-state index in [-0.39, 0.29) is 35.8 Å². The molecular formula is C18H28IN5O. The fraction of sp³-hybridized carbons (Fsp3) is 0.444. The van der Waals surface area contributed by atoms with Crippen molar-refractivity contribution in [3.8, 4) is 0 Å². The Morgan fingerprint density at radius 2 is 1.80 bits per heavy atom. The van der Waals surface area contributed by atoms with Crippen LogP contribution in [0.25, 0.3) is 10.9 Å². The fourth-order valence-electron chi connectivity index (χ4n) is 2.45. The number of amides is 1. The summed E-state index contributed by atoms with van der Waals surface area (Å²) in [5.41, 5.74) is 2.45. The Kier molecular flexibility index (Phi) is 9.33. The van der Waals surface area contributed by atoms with Crippen molar-refractivity contribution in [3.05, 3.63) is 36.0 Å². The van der Waals surface area contributed by atoms with E-state index < -0.39 is 0 Å². The first-order valence-electron chi connectivity index (χ1n) is 8.39. The molecule has 2 rings (SSSR count). The number of benzene rings is 1. The number of rotatable bonds is 7. The lowest BCUT2D eigenvalue weighted by molar-refractivity contribution is -0.123. The summed E-state index contributed by atoms with van der Waals surface area (Å²) in [6, 6.07) is 8.30. The molecule has 0 spiro atoms. The number of aromatic amines is 1. The van der Waals surface area contributed by atoms with E-state index in [1.165, 1.54) is 10.9 Å². The third-order valence-corrected chi connectivity index (χ3v) is 3.83. The van der Waals surface area contributed by atoms with Crippen LogP contribution in [0, 0.1) is 5.92 Å². The predicted molar refractivity (Wildman–Crippen MR) is 115 cm³/mol. The molecule has 2 aromatic rings. The number of H-pyrrole nitrogens is 1. The summed E-state index contributed by atoms with van der Waals surface area (Å²) in [5.74, 6) is 0.825. The van der Waals surface area contributed by atoms with Crippen LogP contribution in [0.3, 0.4) is 0 Å². The highest BCUT2D eigenvalue weighted by atomic mass is 127. The molecule has 0 radical (unpaired) electrons. The quantitative estimate of drug-likeness (QED) is 0.223. The van der Waals surface area contributed by atoms with Crippen molar-refractivity contribution in [1.29, 1.82) is 0 Å². The molecule has 1 heterocycles. The number of hydrogen-bond acceptors (Lipinski definition) is 2. The highest BCUT2D eigenvalue weighted by molar-refractivity contribution is 14.0. The van der Waals surface area contributed by atoms with Crippen LogP contribution in [0.15, 0.2) is 35.5 Å². The van der Waals surface area contributed by atoms with Gasteiger partial charge in [-0.3, -0.25) is 9.79 Å². The molecule has 0 saturated carbocycles. The van der Waals surface area contributed by atoms with Crippen LogP contribution in [-0.4, -0.2) is 43.5 Å². The zero-order valence-electron chi connectivity index (χ0n) is 15.1. The Bertz CT molecular complexity index is 696. The van der Waals surface area contributed by atoms with E-state index in [4.69, 9.17) is 0 Å². The molecule has 1 aromatic heterocycles. The van der Waals surface area contributed by atoms with Crippen molar-refractivity contribution in [2.75, 3.05) is 26.7 Å². The fourth-order valence-corrected chi connectivity index (χ4v) is 2.45. The second-order valence-corrected chi connectivity index (χ2v) is 5.98. The van der Waals surface area contributed by atoms with Crippen LogP contribution in [-0.2, 0) is 11.2 Å². The number of hydrogen-bond donors (Lipinski definition) is 4. The van der Waals surface area contributed by atoms with Crippen LogP contribution in [0.1, 0.15) is 19.4 Å². The molecule has 6 nitrogen and oxygen atoms in total. The first kappa shape index (κ1) is 21.3. The van der Waals surface area contributed by atoms with Crippen molar-refractivity contribution in [2.24, 2.45) is 10.9 Å². The molecule has 0 aliphatic carbocycles. The van der Waals surface area contributed by atoms with Gasteiger partial charge in [-0.2, -0.15) is 0 Å². The van der Waals surface area contributed by atoms with Gasteiger partial charge in [-0.1, -0.05) is 32.0 Å². The monoisotopic (exact) mass is 457 g/mol. The van der Waals surface area contributed by atoms with E-state index in [0.29, 0.717) is 13.1 Å². The topological polar surface area (TPSA) is 81.3 Å². The zero-order chi connectivity index (χ0) is 17.4. The normalized spacial score (nSPS) is 11.3. The third-order valence-electron chi connectivity index (χ3n) is 3.83. The van der Waals surface area contributed by atoms with Gasteiger partial charge in [0.25, 0.3) is 0 Å². The van der Waals surface area contributed by atoms with Crippen LogP contribution >= 0.6 is 24.0 Å². The maximum Gasteiger partial charge on any atom is 0.222 e. The minimum absolute atomic E-state index is 0. The van der Waals surface area contributed by atoms with Gasteiger partial charge in [-0.15, -0.1) is 24.0 Å². The van der Waals surface area contributed by atoms with Gasteiger partial charge in [0, 0.05) is 49.7 Å². The van der Waals surface area contributed by atoms with Crippen molar-refractivity contribution >= 4 is 46.7 Å². The van der Waals surface area contributed by atoms with Crippen molar-refractivity contribution in [2.45, 2.75) is 20.3 Å². The van der Waals surface area contributed by atoms with Crippen LogP contribution in [0.5, 0.6) is 0 Å². The number of halogens is 1. The minimum atomic E-state index is 0. The lowest BCUT2D eigenvalue weighted by Crippen LogP contribution is -2.42. The molecule has 1 amide bonds. The SMILES string of the molecule is CN=C(NCCNC(=O)C(C)C)NCCc1c[nH]c2ccccc12.I. The van der Waals surface area contributed by atoms with E-state index in [2.05, 4.69) is 50.3 Å². The van der Waals surface area contributed by atoms with Gasteiger partial charge in [0.1, 0.15) is 0 Å². The number of aliphatic imine (C=N–C) groups is 1. The predicted octanol–water partition coefficient (Wildman–Crippen LogP) is 2.27. The molecule has 4 N–H and O–H groups in total. The smallest absolute Gasteiger partial charge is 0.222 e. The van der Waals surface area contributed by atoms with Crippen LogP contribution in [0.4, 0.5) is 0 Å².